The summed E-state index contributed by atoms with van der Waals surface area (Å²) < 4.78 is 0. The van der Waals surface area contributed by atoms with Gasteiger partial charge in [0.05, 0.1) is 0 Å². The summed E-state index contributed by atoms with van der Waals surface area (Å²) in [5.74, 6) is 0.141. The standard InChI is InChI=1S/C14H14O3/c1-2-9-4-3-5-13(14(9)17)10-6-11(15)8-12(16)7-10/h3-8,15-17H,2H2,1H3. The molecule has 0 saturated heterocycles. The van der Waals surface area contributed by atoms with Gasteiger partial charge in [-0.1, -0.05) is 25.1 Å². The van der Waals surface area contributed by atoms with E-state index in [0.717, 1.165) is 12.0 Å². The molecule has 88 valence electrons. The number of para-hydroxylation sites is 1. The largest absolute Gasteiger partial charge is 0.508 e. The van der Waals surface area contributed by atoms with E-state index in [9.17, 15) is 15.3 Å². The van der Waals surface area contributed by atoms with Gasteiger partial charge in [0, 0.05) is 11.6 Å². The van der Waals surface area contributed by atoms with E-state index < -0.39 is 0 Å². The van der Waals surface area contributed by atoms with E-state index >= 15 is 0 Å². The maximum Gasteiger partial charge on any atom is 0.126 e. The molecular formula is C14H14O3. The maximum absolute atomic E-state index is 10.1. The van der Waals surface area contributed by atoms with Gasteiger partial charge in [-0.3, -0.25) is 0 Å². The molecule has 3 heteroatoms. The third-order valence-corrected chi connectivity index (χ3v) is 2.71. The quantitative estimate of drug-likeness (QED) is 0.743. The summed E-state index contributed by atoms with van der Waals surface area (Å²) in [4.78, 5) is 0. The van der Waals surface area contributed by atoms with E-state index in [1.165, 1.54) is 18.2 Å². The minimum absolute atomic E-state index is 0.0266. The van der Waals surface area contributed by atoms with E-state index in [4.69, 9.17) is 0 Å². The van der Waals surface area contributed by atoms with Crippen molar-refractivity contribution in [1.82, 2.24) is 0 Å². The van der Waals surface area contributed by atoms with Crippen LogP contribution in [0.15, 0.2) is 36.4 Å². The Hall–Kier alpha value is -2.16. The normalized spacial score (nSPS) is 10.4. The van der Waals surface area contributed by atoms with Crippen molar-refractivity contribution in [2.45, 2.75) is 13.3 Å². The SMILES string of the molecule is CCc1cccc(-c2cc(O)cc(O)c2)c1O. The van der Waals surface area contributed by atoms with Gasteiger partial charge in [0.15, 0.2) is 0 Å². The molecule has 0 amide bonds. The molecule has 0 atom stereocenters. The van der Waals surface area contributed by atoms with Crippen LogP contribution in [0, 0.1) is 0 Å². The van der Waals surface area contributed by atoms with Gasteiger partial charge in [0.25, 0.3) is 0 Å². The fourth-order valence-corrected chi connectivity index (χ4v) is 1.86. The van der Waals surface area contributed by atoms with Crippen LogP contribution < -0.4 is 0 Å². The molecule has 2 aromatic rings. The van der Waals surface area contributed by atoms with Gasteiger partial charge in [-0.2, -0.15) is 0 Å². The lowest BCUT2D eigenvalue weighted by Crippen LogP contribution is -1.85. The van der Waals surface area contributed by atoms with E-state index in [-0.39, 0.29) is 17.2 Å². The summed E-state index contributed by atoms with van der Waals surface area (Å²) in [6.07, 6.45) is 0.727. The molecule has 0 aromatic heterocycles. The molecule has 0 aliphatic rings. The first-order valence-corrected chi connectivity index (χ1v) is 5.46. The van der Waals surface area contributed by atoms with Crippen LogP contribution >= 0.6 is 0 Å². The fraction of sp³-hybridized carbons (Fsp3) is 0.143. The molecule has 0 heterocycles. The summed E-state index contributed by atoms with van der Waals surface area (Å²) in [6.45, 7) is 1.96. The molecule has 0 aliphatic carbocycles. The molecule has 2 aromatic carbocycles. The zero-order chi connectivity index (χ0) is 12.4. The number of hydrogen-bond acceptors (Lipinski definition) is 3. The van der Waals surface area contributed by atoms with Crippen LogP contribution in [0.2, 0.25) is 0 Å². The summed E-state index contributed by atoms with van der Waals surface area (Å²) in [5, 5.41) is 28.9. The van der Waals surface area contributed by atoms with Crippen molar-refractivity contribution in [3.8, 4) is 28.4 Å². The first kappa shape index (κ1) is 11.3. The molecule has 3 N–H and O–H groups in total. The Labute approximate surface area is 99.6 Å². The van der Waals surface area contributed by atoms with E-state index in [1.807, 2.05) is 19.1 Å². The predicted molar refractivity (Wildman–Crippen MR) is 66.3 cm³/mol. The third-order valence-electron chi connectivity index (χ3n) is 2.71. The van der Waals surface area contributed by atoms with Crippen molar-refractivity contribution in [3.05, 3.63) is 42.0 Å². The van der Waals surface area contributed by atoms with E-state index in [0.29, 0.717) is 11.1 Å². The zero-order valence-electron chi connectivity index (χ0n) is 9.51. The van der Waals surface area contributed by atoms with Gasteiger partial charge >= 0.3 is 0 Å². The van der Waals surface area contributed by atoms with Gasteiger partial charge in [-0.05, 0) is 29.7 Å². The van der Waals surface area contributed by atoms with Crippen LogP contribution in [-0.2, 0) is 6.42 Å². The van der Waals surface area contributed by atoms with Crippen LogP contribution in [0.25, 0.3) is 11.1 Å². The number of hydrogen-bond donors (Lipinski definition) is 3. The molecule has 0 unspecified atom stereocenters. The summed E-state index contributed by atoms with van der Waals surface area (Å²) in [7, 11) is 0. The lowest BCUT2D eigenvalue weighted by atomic mass is 10.00. The van der Waals surface area contributed by atoms with Crippen LogP contribution in [0.3, 0.4) is 0 Å². The molecule has 0 bridgehead atoms. The second-order valence-corrected chi connectivity index (χ2v) is 3.90. The summed E-state index contributed by atoms with van der Waals surface area (Å²) >= 11 is 0. The molecule has 0 saturated carbocycles. The minimum atomic E-state index is -0.0266. The topological polar surface area (TPSA) is 60.7 Å². The molecule has 0 fully saturated rings. The van der Waals surface area contributed by atoms with Crippen molar-refractivity contribution in [3.63, 3.8) is 0 Å². The van der Waals surface area contributed by atoms with Gasteiger partial charge in [0.2, 0.25) is 0 Å². The second kappa shape index (κ2) is 4.37. The Morgan fingerprint density at radius 3 is 2.18 bits per heavy atom. The fourth-order valence-electron chi connectivity index (χ4n) is 1.86. The predicted octanol–water partition coefficient (Wildman–Crippen LogP) is 3.03. The maximum atomic E-state index is 10.1. The molecule has 3 nitrogen and oxygen atoms in total. The van der Waals surface area contributed by atoms with Crippen LogP contribution in [0.5, 0.6) is 17.2 Å². The molecule has 0 aliphatic heterocycles. The highest BCUT2D eigenvalue weighted by Crippen LogP contribution is 2.35. The highest BCUT2D eigenvalue weighted by molar-refractivity contribution is 5.73. The third kappa shape index (κ3) is 2.18. The van der Waals surface area contributed by atoms with Gasteiger partial charge < -0.3 is 15.3 Å². The number of rotatable bonds is 2. The molecule has 17 heavy (non-hydrogen) atoms. The van der Waals surface area contributed by atoms with Gasteiger partial charge in [-0.15, -0.1) is 0 Å². The lowest BCUT2D eigenvalue weighted by Gasteiger charge is -2.09. The summed E-state index contributed by atoms with van der Waals surface area (Å²) in [5.41, 5.74) is 2.04. The highest BCUT2D eigenvalue weighted by Gasteiger charge is 2.09. The Kier molecular flexibility index (Phi) is 2.91. The Bertz CT molecular complexity index is 527. The highest BCUT2D eigenvalue weighted by atomic mass is 16.3. The van der Waals surface area contributed by atoms with E-state index in [2.05, 4.69) is 0 Å². The van der Waals surface area contributed by atoms with Crippen molar-refractivity contribution in [1.29, 1.82) is 0 Å². The summed E-state index contributed by atoms with van der Waals surface area (Å²) in [6, 6.07) is 9.71. The number of phenolic OH excluding ortho intramolecular Hbond substituents is 3. The Morgan fingerprint density at radius 2 is 1.59 bits per heavy atom. The van der Waals surface area contributed by atoms with Crippen LogP contribution in [-0.4, -0.2) is 15.3 Å². The zero-order valence-corrected chi connectivity index (χ0v) is 9.51. The monoisotopic (exact) mass is 230 g/mol. The van der Waals surface area contributed by atoms with Crippen LogP contribution in [0.1, 0.15) is 12.5 Å². The smallest absolute Gasteiger partial charge is 0.126 e. The minimum Gasteiger partial charge on any atom is -0.508 e. The molecule has 2 rings (SSSR count). The number of aromatic hydroxyl groups is 3. The Morgan fingerprint density at radius 1 is 0.941 bits per heavy atom. The molecule has 0 radical (unpaired) electrons. The number of aryl methyl sites for hydroxylation is 1. The second-order valence-electron chi connectivity index (χ2n) is 3.90. The van der Waals surface area contributed by atoms with Gasteiger partial charge in [-0.25, -0.2) is 0 Å². The van der Waals surface area contributed by atoms with Crippen molar-refractivity contribution < 1.29 is 15.3 Å². The van der Waals surface area contributed by atoms with Gasteiger partial charge in [0.1, 0.15) is 17.2 Å². The van der Waals surface area contributed by atoms with Crippen LogP contribution in [0.4, 0.5) is 0 Å². The van der Waals surface area contributed by atoms with Crippen molar-refractivity contribution in [2.75, 3.05) is 0 Å². The Balaban J connectivity index is 2.60. The average molecular weight is 230 g/mol. The number of benzene rings is 2. The molecular weight excluding hydrogens is 216 g/mol. The molecule has 0 spiro atoms. The first-order chi connectivity index (χ1) is 8.11. The van der Waals surface area contributed by atoms with Crippen molar-refractivity contribution in [2.24, 2.45) is 0 Å². The lowest BCUT2D eigenvalue weighted by molar-refractivity contribution is 0.450. The van der Waals surface area contributed by atoms with Crippen molar-refractivity contribution >= 4 is 0 Å². The first-order valence-electron chi connectivity index (χ1n) is 5.46. The average Bonchev–Trinajstić information content (AvgIpc) is 2.28. The number of phenols is 3. The van der Waals surface area contributed by atoms with E-state index in [1.54, 1.807) is 6.07 Å².